The largest absolute Gasteiger partial charge is 0.453 e. The van der Waals surface area contributed by atoms with E-state index in [1.807, 2.05) is 0 Å². The average molecular weight is 331 g/mol. The van der Waals surface area contributed by atoms with E-state index in [-0.39, 0.29) is 17.7 Å². The second-order valence-corrected chi connectivity index (χ2v) is 4.98. The van der Waals surface area contributed by atoms with Crippen molar-refractivity contribution in [2.75, 3.05) is 0 Å². The third-order valence-corrected chi connectivity index (χ3v) is 3.19. The number of halogens is 3. The molecule has 122 valence electrons. The number of nitrogens with zero attached hydrogens (tertiary/aromatic N) is 4. The minimum Gasteiger partial charge on any atom is -0.283 e. The second-order valence-electron chi connectivity index (χ2n) is 4.98. The Morgan fingerprint density at radius 3 is 2.29 bits per heavy atom. The first-order valence-electron chi connectivity index (χ1n) is 7.03. The molecule has 0 saturated carbocycles. The van der Waals surface area contributed by atoms with Gasteiger partial charge in [-0.05, 0) is 24.3 Å². The highest BCUT2D eigenvalue weighted by atomic mass is 19.4. The average Bonchev–Trinajstić information content (AvgIpc) is 2.85. The maximum atomic E-state index is 13.0. The van der Waals surface area contributed by atoms with Crippen molar-refractivity contribution in [1.82, 2.24) is 19.7 Å². The number of hydrogen-bond donors (Lipinski definition) is 1. The molecule has 0 bridgehead atoms. The van der Waals surface area contributed by atoms with Crippen LogP contribution in [0.3, 0.4) is 0 Å². The number of hydrogen-bond acceptors (Lipinski definition) is 4. The van der Waals surface area contributed by atoms with Crippen LogP contribution in [-0.2, 0) is 12.6 Å². The van der Waals surface area contributed by atoms with Gasteiger partial charge in [-0.25, -0.2) is 14.6 Å². The third kappa shape index (κ3) is 3.48. The molecule has 3 aromatic rings. The zero-order chi connectivity index (χ0) is 17.2. The molecule has 0 aliphatic carbocycles. The Bertz CT molecular complexity index is 903. The molecule has 0 fully saturated rings. The van der Waals surface area contributed by atoms with E-state index >= 15 is 0 Å². The Hall–Kier alpha value is -3.03. The smallest absolute Gasteiger partial charge is 0.283 e. The molecule has 0 atom stereocenters. The standard InChI is InChI=1S/C16H12F3N5/c17-16(18,19)15-22-14(10-11-6-4-5-9-13(20)21-11)24(23-15)12-7-2-1-3-8-12/h1-9,20H,10H2. The first kappa shape index (κ1) is 15.9. The molecule has 2 heterocycles. The summed E-state index contributed by atoms with van der Waals surface area (Å²) >= 11 is 0. The third-order valence-electron chi connectivity index (χ3n) is 3.19. The van der Waals surface area contributed by atoms with Crippen LogP contribution in [0.1, 0.15) is 17.3 Å². The summed E-state index contributed by atoms with van der Waals surface area (Å²) in [7, 11) is 0. The van der Waals surface area contributed by atoms with Crippen molar-refractivity contribution >= 4 is 0 Å². The number of benzene rings is 1. The second kappa shape index (κ2) is 6.23. The zero-order valence-corrected chi connectivity index (χ0v) is 12.3. The zero-order valence-electron chi connectivity index (χ0n) is 12.3. The van der Waals surface area contributed by atoms with Gasteiger partial charge in [-0.2, -0.15) is 13.2 Å². The lowest BCUT2D eigenvalue weighted by Gasteiger charge is -2.04. The highest BCUT2D eigenvalue weighted by molar-refractivity contribution is 5.32. The molecule has 2 aromatic heterocycles. The quantitative estimate of drug-likeness (QED) is 0.802. The molecule has 0 aliphatic heterocycles. The van der Waals surface area contributed by atoms with Crippen molar-refractivity contribution in [3.63, 3.8) is 0 Å². The summed E-state index contributed by atoms with van der Waals surface area (Å²) in [6.45, 7) is 0. The fourth-order valence-corrected chi connectivity index (χ4v) is 2.16. The normalized spacial score (nSPS) is 11.5. The van der Waals surface area contributed by atoms with Gasteiger partial charge in [-0.15, -0.1) is 5.10 Å². The van der Waals surface area contributed by atoms with Gasteiger partial charge in [0.1, 0.15) is 11.3 Å². The predicted molar refractivity (Wildman–Crippen MR) is 79.3 cm³/mol. The van der Waals surface area contributed by atoms with Gasteiger partial charge in [0.25, 0.3) is 5.82 Å². The molecule has 5 nitrogen and oxygen atoms in total. The van der Waals surface area contributed by atoms with Gasteiger partial charge in [0.2, 0.25) is 0 Å². The summed E-state index contributed by atoms with van der Waals surface area (Å²) in [5.41, 5.74) is 0.932. The maximum absolute atomic E-state index is 13.0. The lowest BCUT2D eigenvalue weighted by Crippen LogP contribution is -2.08. The van der Waals surface area contributed by atoms with Gasteiger partial charge < -0.3 is 0 Å². The van der Waals surface area contributed by atoms with Gasteiger partial charge >= 0.3 is 6.18 Å². The monoisotopic (exact) mass is 331 g/mol. The Balaban J connectivity index is 2.09. The van der Waals surface area contributed by atoms with Crippen LogP contribution in [0.25, 0.3) is 5.69 Å². The van der Waals surface area contributed by atoms with E-state index in [4.69, 9.17) is 5.41 Å². The van der Waals surface area contributed by atoms with Gasteiger partial charge in [-0.1, -0.05) is 30.3 Å². The first-order valence-corrected chi connectivity index (χ1v) is 7.03. The molecule has 3 rings (SSSR count). The van der Waals surface area contributed by atoms with E-state index in [0.717, 1.165) is 4.68 Å². The predicted octanol–water partition coefficient (Wildman–Crippen LogP) is 2.75. The number of nitrogens with one attached hydrogen (secondary N) is 1. The SMILES string of the molecule is N=c1ccccc(Cc2nc(C(F)(F)F)nn2-c2ccccc2)n1. The molecule has 1 N–H and O–H groups in total. The number of alkyl halides is 3. The number of aromatic nitrogens is 4. The fourth-order valence-electron chi connectivity index (χ4n) is 2.16. The molecule has 24 heavy (non-hydrogen) atoms. The van der Waals surface area contributed by atoms with Gasteiger partial charge in [0.05, 0.1) is 17.8 Å². The Morgan fingerprint density at radius 2 is 1.58 bits per heavy atom. The molecule has 0 saturated heterocycles. The summed E-state index contributed by atoms with van der Waals surface area (Å²) in [5.74, 6) is -1.10. The molecule has 0 aliphatic rings. The number of para-hydroxylation sites is 1. The minimum absolute atomic E-state index is 0.0248. The molecule has 0 amide bonds. The van der Waals surface area contributed by atoms with Gasteiger partial charge in [-0.3, -0.25) is 5.41 Å². The van der Waals surface area contributed by atoms with Crippen molar-refractivity contribution in [3.05, 3.63) is 77.4 Å². The van der Waals surface area contributed by atoms with Crippen LogP contribution >= 0.6 is 0 Å². The lowest BCUT2D eigenvalue weighted by atomic mass is 10.2. The fraction of sp³-hybridized carbons (Fsp3) is 0.125. The van der Waals surface area contributed by atoms with Crippen LogP contribution in [0, 0.1) is 5.41 Å². The van der Waals surface area contributed by atoms with Crippen LogP contribution in [0.2, 0.25) is 0 Å². The number of rotatable bonds is 3. The molecule has 0 unspecified atom stereocenters. The van der Waals surface area contributed by atoms with Crippen LogP contribution in [0.5, 0.6) is 0 Å². The maximum Gasteiger partial charge on any atom is 0.453 e. The Kier molecular flexibility index (Phi) is 4.11. The lowest BCUT2D eigenvalue weighted by molar-refractivity contribution is -0.144. The van der Waals surface area contributed by atoms with Crippen LogP contribution in [-0.4, -0.2) is 19.7 Å². The van der Waals surface area contributed by atoms with Crippen molar-refractivity contribution in [3.8, 4) is 5.69 Å². The summed E-state index contributed by atoms with van der Waals surface area (Å²) in [6.07, 6.45) is -4.61. The molecule has 1 aromatic carbocycles. The van der Waals surface area contributed by atoms with Crippen molar-refractivity contribution < 1.29 is 13.2 Å². The first-order chi connectivity index (χ1) is 11.4. The van der Waals surface area contributed by atoms with Crippen LogP contribution in [0.4, 0.5) is 13.2 Å². The van der Waals surface area contributed by atoms with Gasteiger partial charge in [0.15, 0.2) is 0 Å². The summed E-state index contributed by atoms with van der Waals surface area (Å²) in [5, 5.41) is 11.2. The molecular weight excluding hydrogens is 319 g/mol. The molecule has 0 radical (unpaired) electrons. The topological polar surface area (TPSA) is 67.5 Å². The molecular formula is C16H12F3N5. The van der Waals surface area contributed by atoms with Crippen molar-refractivity contribution in [2.24, 2.45) is 0 Å². The van der Waals surface area contributed by atoms with E-state index in [1.165, 1.54) is 6.07 Å². The Labute approximate surface area is 135 Å². The highest BCUT2D eigenvalue weighted by Crippen LogP contribution is 2.27. The molecule has 0 spiro atoms. The van der Waals surface area contributed by atoms with Crippen LogP contribution in [0.15, 0.2) is 54.6 Å². The van der Waals surface area contributed by atoms with E-state index < -0.39 is 12.0 Å². The van der Waals surface area contributed by atoms with Crippen molar-refractivity contribution in [2.45, 2.75) is 12.6 Å². The summed E-state index contributed by atoms with van der Waals surface area (Å²) in [6, 6.07) is 14.9. The van der Waals surface area contributed by atoms with E-state index in [9.17, 15) is 13.2 Å². The minimum atomic E-state index is -4.63. The van der Waals surface area contributed by atoms with E-state index in [2.05, 4.69) is 15.1 Å². The van der Waals surface area contributed by atoms with E-state index in [1.54, 1.807) is 48.5 Å². The Morgan fingerprint density at radius 1 is 0.917 bits per heavy atom. The van der Waals surface area contributed by atoms with Gasteiger partial charge in [0, 0.05) is 0 Å². The molecule has 8 heteroatoms. The van der Waals surface area contributed by atoms with Crippen LogP contribution < -0.4 is 5.49 Å². The summed E-state index contributed by atoms with van der Waals surface area (Å²) < 4.78 is 40.1. The highest BCUT2D eigenvalue weighted by Gasteiger charge is 2.37. The van der Waals surface area contributed by atoms with Crippen molar-refractivity contribution in [1.29, 1.82) is 5.41 Å². The van der Waals surface area contributed by atoms with E-state index in [0.29, 0.717) is 11.4 Å². The summed E-state index contributed by atoms with van der Waals surface area (Å²) in [4.78, 5) is 7.67.